The van der Waals surface area contributed by atoms with E-state index in [9.17, 15) is 5.21 Å². The van der Waals surface area contributed by atoms with Crippen molar-refractivity contribution >= 4 is 11.9 Å². The van der Waals surface area contributed by atoms with Crippen molar-refractivity contribution in [3.8, 4) is 40.2 Å². The van der Waals surface area contributed by atoms with Gasteiger partial charge in [-0.2, -0.15) is 4.74 Å². The van der Waals surface area contributed by atoms with Gasteiger partial charge >= 0.3 is 0 Å². The van der Waals surface area contributed by atoms with E-state index in [0.717, 1.165) is 41.8 Å². The Balaban J connectivity index is 1.12. The monoisotopic (exact) mass is 593 g/mol. The summed E-state index contributed by atoms with van der Waals surface area (Å²) in [5.74, 6) is 3.67. The van der Waals surface area contributed by atoms with Crippen LogP contribution in [0, 0.1) is 11.1 Å². The molecule has 0 fully saturated rings. The molecule has 2 atom stereocenters. The van der Waals surface area contributed by atoms with E-state index in [2.05, 4.69) is 4.57 Å². The Morgan fingerprint density at radius 3 is 2.33 bits per heavy atom. The van der Waals surface area contributed by atoms with Crippen LogP contribution >= 0.6 is 0 Å². The third-order valence-electron chi connectivity index (χ3n) is 7.70. The van der Waals surface area contributed by atoms with Gasteiger partial charge in [-0.05, 0) is 50.0 Å². The Bertz CT molecular complexity index is 1460. The van der Waals surface area contributed by atoms with Crippen LogP contribution in [-0.2, 0) is 11.3 Å². The molecule has 2 heterocycles. The largest absolute Gasteiger partial charge is 0.618 e. The Labute approximate surface area is 251 Å². The number of hydrogen-bond donors (Lipinski definition) is 1. The molecule has 0 saturated heterocycles. The molecule has 2 aliphatic rings. The van der Waals surface area contributed by atoms with E-state index < -0.39 is 0 Å². The van der Waals surface area contributed by atoms with Crippen molar-refractivity contribution in [2.75, 3.05) is 47.4 Å². The lowest BCUT2D eigenvalue weighted by Crippen LogP contribution is -2.34. The number of hydroxylamine groups is 1. The predicted octanol–water partition coefficient (Wildman–Crippen LogP) is 5.38. The highest BCUT2D eigenvalue weighted by atomic mass is 16.5. The third kappa shape index (κ3) is 6.61. The summed E-state index contributed by atoms with van der Waals surface area (Å²) in [5, 5.41) is 12.9. The van der Waals surface area contributed by atoms with E-state index in [1.807, 2.05) is 24.4 Å². The molecule has 5 rings (SSSR count). The number of nitrogens with zero attached hydrogens (tertiary/aromatic N) is 2. The zero-order valence-electron chi connectivity index (χ0n) is 25.0. The molecule has 1 aliphatic heterocycles. The number of aromatic nitrogens is 1. The summed E-state index contributed by atoms with van der Waals surface area (Å²) in [4.78, 5) is 0. The van der Waals surface area contributed by atoms with Gasteiger partial charge in [0.15, 0.2) is 22.9 Å². The normalized spacial score (nSPS) is 17.5. The Morgan fingerprint density at radius 1 is 0.884 bits per heavy atom. The number of ether oxygens (including phenoxy) is 7. The minimum absolute atomic E-state index is 0.0176. The van der Waals surface area contributed by atoms with E-state index >= 15 is 0 Å². The molecule has 1 aromatic heterocycles. The van der Waals surface area contributed by atoms with Gasteiger partial charge in [0, 0.05) is 37.5 Å². The molecule has 0 radical (unpaired) electrons. The maximum atomic E-state index is 12.9. The predicted molar refractivity (Wildman–Crippen MR) is 162 cm³/mol. The van der Waals surface area contributed by atoms with Crippen LogP contribution in [0.15, 0.2) is 54.4 Å². The molecule has 2 aromatic carbocycles. The number of methoxy groups -OCH3 is 4. The van der Waals surface area contributed by atoms with Crippen LogP contribution in [0.4, 0.5) is 5.69 Å². The summed E-state index contributed by atoms with van der Waals surface area (Å²) in [6.07, 6.45) is 8.88. The van der Waals surface area contributed by atoms with Gasteiger partial charge < -0.3 is 48.7 Å². The molecule has 1 unspecified atom stereocenters. The number of allylic oxidation sites excluding steroid dienone is 1. The summed E-state index contributed by atoms with van der Waals surface area (Å²) < 4.78 is 43.0. The van der Waals surface area contributed by atoms with Crippen LogP contribution in [0.25, 0.3) is 0 Å². The van der Waals surface area contributed by atoms with Gasteiger partial charge in [0.1, 0.15) is 22.9 Å². The van der Waals surface area contributed by atoms with Gasteiger partial charge in [-0.25, -0.2) is 0 Å². The topological polar surface area (TPSA) is 122 Å². The Morgan fingerprint density at radius 2 is 1.60 bits per heavy atom. The first-order valence-electron chi connectivity index (χ1n) is 14.3. The molecule has 11 heteroatoms. The molecular weight excluding hydrogens is 554 g/mol. The fourth-order valence-corrected chi connectivity index (χ4v) is 5.50. The van der Waals surface area contributed by atoms with E-state index in [1.54, 1.807) is 58.9 Å². The molecule has 0 bridgehead atoms. The van der Waals surface area contributed by atoms with Crippen molar-refractivity contribution < 1.29 is 37.9 Å². The number of nitrogen functional groups attached to an aromatic ring is 1. The SMILES string of the molecule is COc1cc(Oc2cc(OCCCCOC3CCC=C4[C@@H]3Cn3ccc(OC)c3C=[N+]4[O-])ccc2N)cc(OC)c1OC. The molecule has 3 aromatic rings. The van der Waals surface area contributed by atoms with Crippen molar-refractivity contribution in [1.29, 1.82) is 0 Å². The quantitative estimate of drug-likeness (QED) is 0.121. The fraction of sp³-hybridized carbons (Fsp3) is 0.406. The van der Waals surface area contributed by atoms with Gasteiger partial charge in [-0.15, -0.1) is 0 Å². The lowest BCUT2D eigenvalue weighted by molar-refractivity contribution is -0.409. The molecule has 11 nitrogen and oxygen atoms in total. The summed E-state index contributed by atoms with van der Waals surface area (Å²) >= 11 is 0. The van der Waals surface area contributed by atoms with E-state index in [1.165, 1.54) is 0 Å². The molecule has 2 N–H and O–H groups in total. The summed E-state index contributed by atoms with van der Waals surface area (Å²) in [7, 11) is 6.25. The van der Waals surface area contributed by atoms with Crippen molar-refractivity contribution in [1.82, 2.24) is 4.57 Å². The summed E-state index contributed by atoms with van der Waals surface area (Å²) in [5.41, 5.74) is 8.19. The van der Waals surface area contributed by atoms with Crippen LogP contribution in [0.2, 0.25) is 0 Å². The molecule has 230 valence electrons. The molecule has 1 aliphatic carbocycles. The maximum Gasteiger partial charge on any atom is 0.208 e. The van der Waals surface area contributed by atoms with Gasteiger partial charge in [0.2, 0.25) is 12.0 Å². The Hall–Kier alpha value is -4.51. The number of benzene rings is 2. The lowest BCUT2D eigenvalue weighted by atomic mass is 9.89. The van der Waals surface area contributed by atoms with Crippen LogP contribution in [0.5, 0.6) is 40.2 Å². The van der Waals surface area contributed by atoms with Crippen molar-refractivity contribution in [3.63, 3.8) is 0 Å². The van der Waals surface area contributed by atoms with Crippen molar-refractivity contribution in [2.24, 2.45) is 5.92 Å². The second-order valence-electron chi connectivity index (χ2n) is 10.3. The number of rotatable bonds is 13. The third-order valence-corrected chi connectivity index (χ3v) is 7.70. The zero-order valence-corrected chi connectivity index (χ0v) is 25.0. The van der Waals surface area contributed by atoms with Crippen LogP contribution in [0.1, 0.15) is 31.4 Å². The van der Waals surface area contributed by atoms with Gasteiger partial charge in [0.25, 0.3) is 0 Å². The molecule has 0 spiro atoms. The molecule has 0 saturated carbocycles. The Kier molecular flexibility index (Phi) is 9.51. The average molecular weight is 594 g/mol. The minimum atomic E-state index is -0.0304. The van der Waals surface area contributed by atoms with Gasteiger partial charge in [0.05, 0.1) is 52.8 Å². The van der Waals surface area contributed by atoms with Gasteiger partial charge in [-0.3, -0.25) is 0 Å². The second kappa shape index (κ2) is 13.6. The summed E-state index contributed by atoms with van der Waals surface area (Å²) in [6, 6.07) is 10.6. The standard InChI is InChI=1S/C32H39N3O8/c1-37-28-12-13-34-19-23-25(35(36)20-26(28)34)8-7-9-27(23)42-15-6-5-14-41-21-10-11-24(33)29(16-21)43-22-17-30(38-2)32(40-4)31(18-22)39-3/h8,10-13,16-18,20,23,27H,5-7,9,14-15,19,33H2,1-4H3/t23-,27?/m0/s1. The highest BCUT2D eigenvalue weighted by Gasteiger charge is 2.37. The molecule has 0 amide bonds. The second-order valence-corrected chi connectivity index (χ2v) is 10.3. The van der Waals surface area contributed by atoms with E-state index in [0.29, 0.717) is 65.7 Å². The first kappa shape index (κ1) is 30.0. The number of hydrogen-bond acceptors (Lipinski definition) is 9. The van der Waals surface area contributed by atoms with Crippen LogP contribution in [-0.4, -0.2) is 63.3 Å². The number of fused-ring (bicyclic) bond motifs is 2. The zero-order chi connectivity index (χ0) is 30.3. The smallest absolute Gasteiger partial charge is 0.208 e. The number of anilines is 1. The van der Waals surface area contributed by atoms with Crippen LogP contribution < -0.4 is 34.2 Å². The first-order chi connectivity index (χ1) is 20.9. The van der Waals surface area contributed by atoms with E-state index in [4.69, 9.17) is 38.9 Å². The van der Waals surface area contributed by atoms with Crippen LogP contribution in [0.3, 0.4) is 0 Å². The van der Waals surface area contributed by atoms with Crippen molar-refractivity contribution in [3.05, 3.63) is 65.3 Å². The van der Waals surface area contributed by atoms with Crippen molar-refractivity contribution in [2.45, 2.75) is 38.3 Å². The van der Waals surface area contributed by atoms with E-state index in [-0.39, 0.29) is 12.0 Å². The lowest BCUT2D eigenvalue weighted by Gasteiger charge is -2.29. The average Bonchev–Trinajstić information content (AvgIpc) is 3.33. The molecular formula is C32H39N3O8. The fourth-order valence-electron chi connectivity index (χ4n) is 5.50. The van der Waals surface area contributed by atoms with Gasteiger partial charge in [-0.1, -0.05) is 0 Å². The highest BCUT2D eigenvalue weighted by Crippen LogP contribution is 2.43. The molecule has 43 heavy (non-hydrogen) atoms. The number of unbranched alkanes of at least 4 members (excludes halogenated alkanes) is 1. The summed E-state index contributed by atoms with van der Waals surface area (Å²) in [6.45, 7) is 1.76. The minimum Gasteiger partial charge on any atom is -0.618 e. The highest BCUT2D eigenvalue weighted by molar-refractivity contribution is 5.78. The first-order valence-corrected chi connectivity index (χ1v) is 14.3. The number of nitrogens with two attached hydrogens (primary N) is 1. The maximum absolute atomic E-state index is 12.9.